The zero-order valence-electron chi connectivity index (χ0n) is 16.3. The number of nitrogens with one attached hydrogen (secondary N) is 2. The van der Waals surface area contributed by atoms with E-state index in [4.69, 9.17) is 13.9 Å². The fourth-order valence-corrected chi connectivity index (χ4v) is 2.50. The summed E-state index contributed by atoms with van der Waals surface area (Å²) in [6, 6.07) is 15.7. The zero-order valence-corrected chi connectivity index (χ0v) is 16.3. The van der Waals surface area contributed by atoms with Gasteiger partial charge in [-0.3, -0.25) is 20.4 Å². The lowest BCUT2D eigenvalue weighted by Crippen LogP contribution is -2.41. The van der Waals surface area contributed by atoms with Gasteiger partial charge in [0.2, 0.25) is 0 Å². The molecule has 10 heteroatoms. The number of methoxy groups -OCH3 is 1. The van der Waals surface area contributed by atoms with Crippen molar-refractivity contribution in [1.29, 1.82) is 0 Å². The molecule has 2 aromatic carbocycles. The molecule has 0 unspecified atom stereocenters. The van der Waals surface area contributed by atoms with E-state index in [0.29, 0.717) is 11.5 Å². The Morgan fingerprint density at radius 2 is 1.71 bits per heavy atom. The van der Waals surface area contributed by atoms with Crippen LogP contribution in [0.15, 0.2) is 65.1 Å². The van der Waals surface area contributed by atoms with Gasteiger partial charge in [0.05, 0.1) is 7.11 Å². The highest BCUT2D eigenvalue weighted by molar-refractivity contribution is 5.98. The van der Waals surface area contributed by atoms with Gasteiger partial charge in [0.15, 0.2) is 17.3 Å². The van der Waals surface area contributed by atoms with Gasteiger partial charge in [0.1, 0.15) is 18.1 Å². The number of hydrazine groups is 1. The van der Waals surface area contributed by atoms with E-state index < -0.39 is 18.4 Å². The van der Waals surface area contributed by atoms with E-state index in [1.165, 1.54) is 25.3 Å². The van der Waals surface area contributed by atoms with Gasteiger partial charge in [-0.25, -0.2) is 0 Å². The van der Waals surface area contributed by atoms with Crippen LogP contribution in [0.4, 0.5) is 8.78 Å². The number of benzene rings is 2. The third kappa shape index (κ3) is 5.95. The van der Waals surface area contributed by atoms with E-state index in [2.05, 4.69) is 15.6 Å². The summed E-state index contributed by atoms with van der Waals surface area (Å²) >= 11 is 0. The van der Waals surface area contributed by atoms with Gasteiger partial charge in [-0.2, -0.15) is 8.78 Å². The normalized spacial score (nSPS) is 10.5. The van der Waals surface area contributed by atoms with Crippen molar-refractivity contribution in [1.82, 2.24) is 10.9 Å². The largest absolute Gasteiger partial charge is 0.493 e. The molecule has 0 spiro atoms. The lowest BCUT2D eigenvalue weighted by molar-refractivity contribution is -0.0512. The predicted octanol–water partition coefficient (Wildman–Crippen LogP) is 3.54. The van der Waals surface area contributed by atoms with Crippen molar-refractivity contribution < 1.29 is 37.0 Å². The number of halogens is 2. The number of amides is 2. The summed E-state index contributed by atoms with van der Waals surface area (Å²) in [4.78, 5) is 24.4. The molecule has 0 atom stereocenters. The van der Waals surface area contributed by atoms with Crippen molar-refractivity contribution in [2.24, 2.45) is 0 Å². The quantitative estimate of drug-likeness (QED) is 0.529. The van der Waals surface area contributed by atoms with Crippen LogP contribution in [0.5, 0.6) is 17.2 Å². The second kappa shape index (κ2) is 10.1. The summed E-state index contributed by atoms with van der Waals surface area (Å²) in [6.07, 6.45) is 0. The van der Waals surface area contributed by atoms with Crippen LogP contribution >= 0.6 is 0 Å². The second-order valence-electron chi connectivity index (χ2n) is 6.02. The van der Waals surface area contributed by atoms with E-state index in [0.717, 1.165) is 6.07 Å². The van der Waals surface area contributed by atoms with Crippen molar-refractivity contribution >= 4 is 11.8 Å². The molecule has 162 valence electrons. The first kappa shape index (κ1) is 21.6. The highest BCUT2D eigenvalue weighted by Gasteiger charge is 2.16. The minimum Gasteiger partial charge on any atom is -0.493 e. The second-order valence-corrected chi connectivity index (χ2v) is 6.02. The van der Waals surface area contributed by atoms with E-state index in [9.17, 15) is 18.4 Å². The molecule has 3 rings (SSSR count). The topological polar surface area (TPSA) is 99.0 Å². The van der Waals surface area contributed by atoms with E-state index >= 15 is 0 Å². The number of alkyl halides is 2. The third-order valence-corrected chi connectivity index (χ3v) is 3.94. The Labute approximate surface area is 175 Å². The molecule has 2 amide bonds. The van der Waals surface area contributed by atoms with Crippen LogP contribution in [0.25, 0.3) is 0 Å². The Kier molecular flexibility index (Phi) is 7.05. The third-order valence-electron chi connectivity index (χ3n) is 3.94. The molecular formula is C21H18F2N2O6. The highest BCUT2D eigenvalue weighted by Crippen LogP contribution is 2.29. The molecule has 1 aromatic heterocycles. The molecule has 0 aliphatic carbocycles. The van der Waals surface area contributed by atoms with Gasteiger partial charge in [0.25, 0.3) is 5.91 Å². The SMILES string of the molecule is COc1cc(C(=O)NNC(=O)c2ccc(COc3ccccc3)o2)ccc1OC(F)F. The summed E-state index contributed by atoms with van der Waals surface area (Å²) < 4.78 is 44.9. The Morgan fingerprint density at radius 3 is 2.42 bits per heavy atom. The van der Waals surface area contributed by atoms with E-state index in [-0.39, 0.29) is 29.4 Å². The number of hydrogen-bond donors (Lipinski definition) is 2. The number of carbonyl (C=O) groups excluding carboxylic acids is 2. The Hall–Kier alpha value is -4.08. The van der Waals surface area contributed by atoms with Crippen LogP contribution < -0.4 is 25.1 Å². The van der Waals surface area contributed by atoms with Gasteiger partial charge < -0.3 is 18.6 Å². The number of furan rings is 1. The summed E-state index contributed by atoms with van der Waals surface area (Å²) in [6.45, 7) is -2.92. The van der Waals surface area contributed by atoms with Crippen molar-refractivity contribution in [2.75, 3.05) is 7.11 Å². The van der Waals surface area contributed by atoms with Gasteiger partial charge in [-0.15, -0.1) is 0 Å². The van der Waals surface area contributed by atoms with E-state index in [1.807, 2.05) is 18.2 Å². The van der Waals surface area contributed by atoms with Gasteiger partial charge in [-0.05, 0) is 42.5 Å². The first-order chi connectivity index (χ1) is 15.0. The Morgan fingerprint density at radius 1 is 0.968 bits per heavy atom. The van der Waals surface area contributed by atoms with E-state index in [1.54, 1.807) is 18.2 Å². The van der Waals surface area contributed by atoms with Crippen LogP contribution in [0, 0.1) is 0 Å². The fourth-order valence-electron chi connectivity index (χ4n) is 2.50. The lowest BCUT2D eigenvalue weighted by Gasteiger charge is -2.11. The van der Waals surface area contributed by atoms with Crippen molar-refractivity contribution in [3.05, 3.63) is 77.7 Å². The fraction of sp³-hybridized carbons (Fsp3) is 0.143. The maximum atomic E-state index is 12.4. The van der Waals surface area contributed by atoms with Crippen LogP contribution in [0.1, 0.15) is 26.7 Å². The van der Waals surface area contributed by atoms with Crippen LogP contribution in [0.2, 0.25) is 0 Å². The standard InChI is InChI=1S/C21H18F2N2O6/c1-28-18-11-13(7-9-16(18)31-21(22)23)19(26)24-25-20(27)17-10-8-15(30-17)12-29-14-5-3-2-4-6-14/h2-11,21H,12H2,1H3,(H,24,26)(H,25,27). The van der Waals surface area contributed by atoms with Crippen LogP contribution in [-0.2, 0) is 6.61 Å². The molecule has 0 aliphatic heterocycles. The smallest absolute Gasteiger partial charge is 0.387 e. The monoisotopic (exact) mass is 432 g/mol. The lowest BCUT2D eigenvalue weighted by atomic mass is 10.2. The van der Waals surface area contributed by atoms with Crippen LogP contribution in [0.3, 0.4) is 0 Å². The summed E-state index contributed by atoms with van der Waals surface area (Å²) in [5, 5.41) is 0. The minimum atomic E-state index is -3.04. The highest BCUT2D eigenvalue weighted by atomic mass is 19.3. The summed E-state index contributed by atoms with van der Waals surface area (Å²) in [5.74, 6) is -0.645. The molecule has 1 heterocycles. The number of para-hydroxylation sites is 1. The molecule has 0 bridgehead atoms. The molecule has 0 saturated carbocycles. The van der Waals surface area contributed by atoms with Crippen molar-refractivity contribution in [3.8, 4) is 17.2 Å². The molecule has 2 N–H and O–H groups in total. The Balaban J connectivity index is 1.54. The molecular weight excluding hydrogens is 414 g/mol. The maximum absolute atomic E-state index is 12.4. The molecule has 0 aliphatic rings. The minimum absolute atomic E-state index is 0.0368. The molecule has 0 radical (unpaired) electrons. The van der Waals surface area contributed by atoms with Crippen LogP contribution in [-0.4, -0.2) is 25.5 Å². The van der Waals surface area contributed by atoms with Crippen molar-refractivity contribution in [2.45, 2.75) is 13.2 Å². The van der Waals surface area contributed by atoms with Gasteiger partial charge in [-0.1, -0.05) is 18.2 Å². The molecule has 8 nitrogen and oxygen atoms in total. The number of carbonyl (C=O) groups is 2. The number of rotatable bonds is 8. The van der Waals surface area contributed by atoms with Gasteiger partial charge in [0, 0.05) is 5.56 Å². The average Bonchev–Trinajstić information content (AvgIpc) is 3.25. The average molecular weight is 432 g/mol. The van der Waals surface area contributed by atoms with Crippen molar-refractivity contribution in [3.63, 3.8) is 0 Å². The first-order valence-electron chi connectivity index (χ1n) is 8.96. The predicted molar refractivity (Wildman–Crippen MR) is 104 cm³/mol. The number of hydrogen-bond acceptors (Lipinski definition) is 6. The zero-order chi connectivity index (χ0) is 22.2. The summed E-state index contributed by atoms with van der Waals surface area (Å²) in [5.41, 5.74) is 4.46. The molecule has 31 heavy (non-hydrogen) atoms. The molecule has 0 saturated heterocycles. The number of ether oxygens (including phenoxy) is 3. The maximum Gasteiger partial charge on any atom is 0.387 e. The first-order valence-corrected chi connectivity index (χ1v) is 8.96. The molecule has 3 aromatic rings. The summed E-state index contributed by atoms with van der Waals surface area (Å²) in [7, 11) is 1.24. The van der Waals surface area contributed by atoms with Gasteiger partial charge >= 0.3 is 12.5 Å². The Bertz CT molecular complexity index is 1040. The molecule has 0 fully saturated rings.